The molecule has 17 heavy (non-hydrogen) atoms. The number of anilines is 1. The Morgan fingerprint density at radius 2 is 1.82 bits per heavy atom. The van der Waals surface area contributed by atoms with Crippen LogP contribution < -0.4 is 15.2 Å². The molecule has 0 atom stereocenters. The molecule has 1 aromatic carbocycles. The molecule has 3 nitrogen and oxygen atoms in total. The fourth-order valence-corrected chi connectivity index (χ4v) is 1.12. The second-order valence-corrected chi connectivity index (χ2v) is 3.13. The van der Waals surface area contributed by atoms with Gasteiger partial charge in [-0.1, -0.05) is 11.6 Å². The van der Waals surface area contributed by atoms with Crippen LogP contribution in [0.25, 0.3) is 0 Å². The second kappa shape index (κ2) is 4.82. The van der Waals surface area contributed by atoms with Gasteiger partial charge in [0.25, 0.3) is 0 Å². The number of rotatable bonds is 3. The van der Waals surface area contributed by atoms with Crippen molar-refractivity contribution in [1.82, 2.24) is 0 Å². The highest BCUT2D eigenvalue weighted by molar-refractivity contribution is 6.34. The Hall–Kier alpha value is -1.44. The minimum Gasteiger partial charge on any atom is -0.433 e. The van der Waals surface area contributed by atoms with Crippen molar-refractivity contribution in [3.05, 3.63) is 17.2 Å². The Kier molecular flexibility index (Phi) is 3.87. The zero-order valence-corrected chi connectivity index (χ0v) is 8.65. The topological polar surface area (TPSA) is 44.5 Å². The summed E-state index contributed by atoms with van der Waals surface area (Å²) in [5.41, 5.74) is 4.84. The summed E-state index contributed by atoms with van der Waals surface area (Å²) < 4.78 is 66.9. The standard InChI is InChI=1S/C8H5ClF5NO2/c9-6-4(15)1-3(17-8(12,13)14)2-5(6)16-7(10)11/h1-2,7H,15H2. The molecule has 0 fully saturated rings. The van der Waals surface area contributed by atoms with Crippen molar-refractivity contribution in [2.45, 2.75) is 13.0 Å². The van der Waals surface area contributed by atoms with Crippen LogP contribution in [0.1, 0.15) is 0 Å². The summed E-state index contributed by atoms with van der Waals surface area (Å²) in [5, 5.41) is -0.417. The number of hydrogen-bond acceptors (Lipinski definition) is 3. The second-order valence-electron chi connectivity index (χ2n) is 2.75. The first-order valence-electron chi connectivity index (χ1n) is 3.98. The van der Waals surface area contributed by atoms with E-state index in [-0.39, 0.29) is 5.69 Å². The van der Waals surface area contributed by atoms with Crippen LogP contribution in [-0.4, -0.2) is 13.0 Å². The Morgan fingerprint density at radius 3 is 2.29 bits per heavy atom. The van der Waals surface area contributed by atoms with Gasteiger partial charge in [-0.15, -0.1) is 13.2 Å². The molecule has 0 radical (unpaired) electrons. The van der Waals surface area contributed by atoms with Crippen molar-refractivity contribution < 1.29 is 31.4 Å². The van der Waals surface area contributed by atoms with E-state index >= 15 is 0 Å². The van der Waals surface area contributed by atoms with Gasteiger partial charge in [0, 0.05) is 12.1 Å². The first-order valence-corrected chi connectivity index (χ1v) is 4.36. The van der Waals surface area contributed by atoms with Crippen LogP contribution in [0.3, 0.4) is 0 Å². The predicted octanol–water partition coefficient (Wildman–Crippen LogP) is 3.42. The fraction of sp³-hybridized carbons (Fsp3) is 0.250. The molecule has 0 amide bonds. The van der Waals surface area contributed by atoms with Crippen LogP contribution in [0.2, 0.25) is 5.02 Å². The lowest BCUT2D eigenvalue weighted by Gasteiger charge is -2.13. The van der Waals surface area contributed by atoms with Gasteiger partial charge in [0.1, 0.15) is 10.8 Å². The average molecular weight is 278 g/mol. The van der Waals surface area contributed by atoms with E-state index in [1.807, 2.05) is 0 Å². The molecule has 1 aromatic rings. The molecular weight excluding hydrogens is 273 g/mol. The first kappa shape index (κ1) is 13.6. The maximum absolute atomic E-state index is 11.9. The average Bonchev–Trinajstić information content (AvgIpc) is 2.09. The zero-order chi connectivity index (χ0) is 13.2. The molecule has 0 saturated carbocycles. The van der Waals surface area contributed by atoms with Crippen LogP contribution in [-0.2, 0) is 0 Å². The van der Waals surface area contributed by atoms with Gasteiger partial charge >= 0.3 is 13.0 Å². The molecule has 0 spiro atoms. The smallest absolute Gasteiger partial charge is 0.433 e. The lowest BCUT2D eigenvalue weighted by atomic mass is 10.3. The minimum absolute atomic E-state index is 0.371. The lowest BCUT2D eigenvalue weighted by molar-refractivity contribution is -0.274. The Labute approximate surface area is 96.9 Å². The molecule has 9 heteroatoms. The van der Waals surface area contributed by atoms with Crippen LogP contribution in [0.4, 0.5) is 27.6 Å². The number of nitrogens with two attached hydrogens (primary N) is 1. The number of benzene rings is 1. The van der Waals surface area contributed by atoms with E-state index in [1.165, 1.54) is 0 Å². The Bertz CT molecular complexity index is 410. The van der Waals surface area contributed by atoms with E-state index in [9.17, 15) is 22.0 Å². The number of halogens is 6. The molecule has 0 saturated heterocycles. The third-order valence-electron chi connectivity index (χ3n) is 1.49. The third-order valence-corrected chi connectivity index (χ3v) is 1.90. The van der Waals surface area contributed by atoms with E-state index < -0.39 is 29.5 Å². The molecule has 0 aliphatic rings. The van der Waals surface area contributed by atoms with Crippen LogP contribution >= 0.6 is 11.6 Å². The van der Waals surface area contributed by atoms with Gasteiger partial charge in [-0.25, -0.2) is 0 Å². The highest BCUT2D eigenvalue weighted by Gasteiger charge is 2.31. The van der Waals surface area contributed by atoms with Gasteiger partial charge in [-0.3, -0.25) is 0 Å². The molecule has 0 bridgehead atoms. The van der Waals surface area contributed by atoms with E-state index in [0.29, 0.717) is 6.07 Å². The zero-order valence-electron chi connectivity index (χ0n) is 7.89. The normalized spacial score (nSPS) is 11.7. The van der Waals surface area contributed by atoms with E-state index in [4.69, 9.17) is 17.3 Å². The Balaban J connectivity index is 3.06. The molecule has 0 heterocycles. The largest absolute Gasteiger partial charge is 0.573 e. The van der Waals surface area contributed by atoms with Crippen LogP contribution in [0.5, 0.6) is 11.5 Å². The molecular formula is C8H5ClF5NO2. The van der Waals surface area contributed by atoms with Gasteiger partial charge in [-0.2, -0.15) is 8.78 Å². The highest BCUT2D eigenvalue weighted by Crippen LogP contribution is 2.37. The summed E-state index contributed by atoms with van der Waals surface area (Å²) in [5.74, 6) is -1.49. The molecule has 0 aliphatic heterocycles. The molecule has 0 unspecified atom stereocenters. The monoisotopic (exact) mass is 277 g/mol. The number of nitrogen functional groups attached to an aromatic ring is 1. The molecule has 0 aromatic heterocycles. The van der Waals surface area contributed by atoms with Gasteiger partial charge in [-0.05, 0) is 0 Å². The maximum Gasteiger partial charge on any atom is 0.573 e. The van der Waals surface area contributed by atoms with Crippen molar-refractivity contribution >= 4 is 17.3 Å². The van der Waals surface area contributed by atoms with E-state index in [0.717, 1.165) is 6.07 Å². The predicted molar refractivity (Wildman–Crippen MR) is 49.2 cm³/mol. The summed E-state index contributed by atoms with van der Waals surface area (Å²) in [4.78, 5) is 0. The van der Waals surface area contributed by atoms with Gasteiger partial charge in [0.15, 0.2) is 5.75 Å². The molecule has 1 rings (SSSR count). The van der Waals surface area contributed by atoms with Gasteiger partial charge in [0.2, 0.25) is 0 Å². The minimum atomic E-state index is -4.97. The fourth-order valence-electron chi connectivity index (χ4n) is 0.967. The number of ether oxygens (including phenoxy) is 2. The first-order chi connectivity index (χ1) is 7.69. The SMILES string of the molecule is Nc1cc(OC(F)(F)F)cc(OC(F)F)c1Cl. The van der Waals surface area contributed by atoms with Crippen molar-refractivity contribution in [3.8, 4) is 11.5 Å². The third kappa shape index (κ3) is 4.14. The van der Waals surface area contributed by atoms with Crippen molar-refractivity contribution in [1.29, 1.82) is 0 Å². The van der Waals surface area contributed by atoms with Gasteiger partial charge < -0.3 is 15.2 Å². The number of hydrogen-bond donors (Lipinski definition) is 1. The molecule has 96 valence electrons. The molecule has 2 N–H and O–H groups in total. The van der Waals surface area contributed by atoms with E-state index in [1.54, 1.807) is 0 Å². The summed E-state index contributed by atoms with van der Waals surface area (Å²) >= 11 is 5.46. The summed E-state index contributed by atoms with van der Waals surface area (Å²) in [6.07, 6.45) is -4.97. The highest BCUT2D eigenvalue weighted by atomic mass is 35.5. The molecule has 0 aliphatic carbocycles. The summed E-state index contributed by atoms with van der Waals surface area (Å²) in [6.45, 7) is -3.24. The van der Waals surface area contributed by atoms with Crippen molar-refractivity contribution in [2.24, 2.45) is 0 Å². The lowest BCUT2D eigenvalue weighted by Crippen LogP contribution is -2.17. The quantitative estimate of drug-likeness (QED) is 0.680. The van der Waals surface area contributed by atoms with Crippen molar-refractivity contribution in [2.75, 3.05) is 5.73 Å². The van der Waals surface area contributed by atoms with Crippen molar-refractivity contribution in [3.63, 3.8) is 0 Å². The summed E-state index contributed by atoms with van der Waals surface area (Å²) in [7, 11) is 0. The van der Waals surface area contributed by atoms with Crippen LogP contribution in [0.15, 0.2) is 12.1 Å². The van der Waals surface area contributed by atoms with Crippen LogP contribution in [0, 0.1) is 0 Å². The van der Waals surface area contributed by atoms with Gasteiger partial charge in [0.05, 0.1) is 5.69 Å². The Morgan fingerprint density at radius 1 is 1.24 bits per heavy atom. The number of alkyl halides is 5. The maximum atomic E-state index is 11.9. The van der Waals surface area contributed by atoms with E-state index in [2.05, 4.69) is 9.47 Å². The summed E-state index contributed by atoms with van der Waals surface area (Å²) in [6, 6.07) is 1.31.